The van der Waals surface area contributed by atoms with Gasteiger partial charge in [0.15, 0.2) is 17.3 Å². The Balaban J connectivity index is 1.25. The fourth-order valence-electron chi connectivity index (χ4n) is 4.62. The molecule has 2 aliphatic rings. The molecule has 0 aromatic heterocycles. The van der Waals surface area contributed by atoms with E-state index in [2.05, 4.69) is 5.32 Å². The third-order valence-corrected chi connectivity index (χ3v) is 6.75. The number of nitrogens with one attached hydrogen (secondary N) is 1. The maximum absolute atomic E-state index is 12.7. The quantitative estimate of drug-likeness (QED) is 0.277. The summed E-state index contributed by atoms with van der Waals surface area (Å²) >= 11 is 0. The highest BCUT2D eigenvalue weighted by atomic mass is 16.6. The van der Waals surface area contributed by atoms with Gasteiger partial charge >= 0.3 is 0 Å². The summed E-state index contributed by atoms with van der Waals surface area (Å²) in [6, 6.07) is 11.8. The first kappa shape index (κ1) is 26.9. The molecule has 2 aliphatic heterocycles. The van der Waals surface area contributed by atoms with Crippen LogP contribution >= 0.6 is 0 Å². The highest BCUT2D eigenvalue weighted by Gasteiger charge is 2.31. The first-order valence-electron chi connectivity index (χ1n) is 12.9. The van der Waals surface area contributed by atoms with Gasteiger partial charge in [0.25, 0.3) is 0 Å². The van der Waals surface area contributed by atoms with Crippen LogP contribution in [0.4, 0.5) is 0 Å². The van der Waals surface area contributed by atoms with Gasteiger partial charge in [-0.3, -0.25) is 14.5 Å². The van der Waals surface area contributed by atoms with Crippen LogP contribution in [0.3, 0.4) is 0 Å². The summed E-state index contributed by atoms with van der Waals surface area (Å²) in [4.78, 5) is 27.1. The van der Waals surface area contributed by atoms with Gasteiger partial charge < -0.3 is 29.7 Å². The highest BCUT2D eigenvalue weighted by molar-refractivity contribution is 5.96. The number of fused-ring (bicyclic) bond motifs is 1. The second-order valence-electron chi connectivity index (χ2n) is 9.61. The molecule has 37 heavy (non-hydrogen) atoms. The summed E-state index contributed by atoms with van der Waals surface area (Å²) in [6.45, 7) is 2.39. The van der Waals surface area contributed by atoms with Crippen molar-refractivity contribution in [1.29, 1.82) is 0 Å². The number of ether oxygens (including phenoxy) is 3. The largest absolute Gasteiger partial charge is 0.497 e. The van der Waals surface area contributed by atoms with Crippen LogP contribution in [0.15, 0.2) is 42.5 Å². The number of amides is 1. The lowest BCUT2D eigenvalue weighted by atomic mass is 9.99. The van der Waals surface area contributed by atoms with E-state index in [9.17, 15) is 19.8 Å². The normalized spacial score (nSPS) is 16.9. The number of methoxy groups -OCH3 is 1. The van der Waals surface area contributed by atoms with E-state index in [-0.39, 0.29) is 17.8 Å². The van der Waals surface area contributed by atoms with Crippen LogP contribution in [0.2, 0.25) is 0 Å². The highest BCUT2D eigenvalue weighted by Crippen LogP contribution is 2.33. The number of hydrogen-bond donors (Lipinski definition) is 3. The Morgan fingerprint density at radius 3 is 2.43 bits per heavy atom. The second-order valence-corrected chi connectivity index (χ2v) is 9.61. The van der Waals surface area contributed by atoms with Crippen molar-refractivity contribution in [3.05, 3.63) is 53.6 Å². The maximum atomic E-state index is 12.7. The average Bonchev–Trinajstić information content (AvgIpc) is 2.90. The minimum absolute atomic E-state index is 0.0754. The molecule has 4 rings (SSSR count). The summed E-state index contributed by atoms with van der Waals surface area (Å²) in [5.41, 5.74) is 1.29. The Morgan fingerprint density at radius 1 is 1.03 bits per heavy atom. The molecule has 3 N–H and O–H groups in total. The average molecular weight is 513 g/mol. The first-order valence-corrected chi connectivity index (χ1v) is 12.9. The first-order chi connectivity index (χ1) is 17.9. The van der Waals surface area contributed by atoms with E-state index >= 15 is 0 Å². The number of nitrogens with zero attached hydrogens (tertiary/aromatic N) is 1. The Bertz CT molecular complexity index is 1050. The monoisotopic (exact) mass is 512 g/mol. The van der Waals surface area contributed by atoms with E-state index in [0.717, 1.165) is 6.42 Å². The van der Waals surface area contributed by atoms with E-state index in [1.54, 1.807) is 49.6 Å². The van der Waals surface area contributed by atoms with E-state index in [4.69, 9.17) is 14.2 Å². The second kappa shape index (κ2) is 12.9. The number of unbranched alkanes of at least 4 members (excludes halogenated alkanes) is 2. The van der Waals surface area contributed by atoms with Gasteiger partial charge in [-0.15, -0.1) is 0 Å². The molecule has 0 unspecified atom stereocenters. The number of hydrogen-bond acceptors (Lipinski definition) is 8. The molecule has 1 fully saturated rings. The molecule has 2 aromatic rings. The van der Waals surface area contributed by atoms with Gasteiger partial charge in [-0.1, -0.05) is 12.5 Å². The minimum atomic E-state index is -0.945. The molecule has 2 heterocycles. The number of likely N-dealkylation sites (tertiary alicyclic amines) is 1. The van der Waals surface area contributed by atoms with E-state index in [1.807, 2.05) is 4.90 Å². The van der Waals surface area contributed by atoms with Crippen molar-refractivity contribution >= 4 is 11.7 Å². The molecule has 0 radical (unpaired) electrons. The fraction of sp³-hybridized carbons (Fsp3) is 0.500. The molecule has 2 atom stereocenters. The van der Waals surface area contributed by atoms with Crippen LogP contribution in [-0.2, 0) is 4.79 Å². The van der Waals surface area contributed by atoms with Crippen molar-refractivity contribution in [1.82, 2.24) is 10.2 Å². The molecular formula is C28H36N2O7. The summed E-state index contributed by atoms with van der Waals surface area (Å²) < 4.78 is 16.3. The van der Waals surface area contributed by atoms with Crippen LogP contribution in [-0.4, -0.2) is 78.9 Å². The predicted octanol–water partition coefficient (Wildman–Crippen LogP) is 2.49. The lowest BCUT2D eigenvalue weighted by molar-refractivity contribution is -0.123. The molecule has 1 saturated heterocycles. The van der Waals surface area contributed by atoms with Gasteiger partial charge in [0.2, 0.25) is 5.91 Å². The summed E-state index contributed by atoms with van der Waals surface area (Å²) in [6.07, 6.45) is 1.52. The van der Waals surface area contributed by atoms with Crippen LogP contribution in [0.25, 0.3) is 0 Å². The van der Waals surface area contributed by atoms with Crippen molar-refractivity contribution < 1.29 is 34.0 Å². The smallest absolute Gasteiger partial charge is 0.220 e. The van der Waals surface area contributed by atoms with Crippen molar-refractivity contribution in [3.63, 3.8) is 0 Å². The zero-order valence-corrected chi connectivity index (χ0v) is 21.2. The molecule has 2 aromatic carbocycles. The van der Waals surface area contributed by atoms with Gasteiger partial charge in [-0.05, 0) is 54.8 Å². The number of rotatable bonds is 13. The molecule has 0 saturated carbocycles. The number of β-amino-alcohol motifs (C(OH)–C–C–N with tert-alkyl or cyclic N) is 1. The number of aliphatic hydroxyl groups is 2. The third-order valence-electron chi connectivity index (χ3n) is 6.75. The predicted molar refractivity (Wildman–Crippen MR) is 137 cm³/mol. The molecule has 200 valence electrons. The number of Topliss-reactive ketones (excluding diaryl/α,β-unsaturated/α-hetero) is 1. The molecule has 0 bridgehead atoms. The molecular weight excluding hydrogens is 476 g/mol. The SMILES string of the molecule is COc1ccc(C(=O)CCCCCC(=O)N[C@H](CN2CC(O)C2)[C@H](O)c2ccc3c(c2)OCCO3)cc1. The summed E-state index contributed by atoms with van der Waals surface area (Å²) in [5, 5.41) is 23.8. The maximum Gasteiger partial charge on any atom is 0.220 e. The standard InChI is InChI=1S/C28H36N2O7/c1-35-22-10-7-19(8-11-22)24(32)5-3-2-4-6-27(33)29-23(18-30-16-21(31)17-30)28(34)20-9-12-25-26(15-20)37-14-13-36-25/h7-12,15,21,23,28,31,34H,2-6,13-14,16-18H2,1H3,(H,29,33)/t23-,28-/m1/s1. The van der Waals surface area contributed by atoms with Gasteiger partial charge in [-0.25, -0.2) is 0 Å². The van der Waals surface area contributed by atoms with Crippen molar-refractivity contribution in [3.8, 4) is 17.2 Å². The van der Waals surface area contributed by atoms with Gasteiger partial charge in [0.1, 0.15) is 25.1 Å². The number of carbonyl (C=O) groups is 2. The lowest BCUT2D eigenvalue weighted by Crippen LogP contribution is -2.56. The summed E-state index contributed by atoms with van der Waals surface area (Å²) in [7, 11) is 1.59. The number of aliphatic hydroxyl groups excluding tert-OH is 2. The zero-order chi connectivity index (χ0) is 26.2. The Hall–Kier alpha value is -3.14. The van der Waals surface area contributed by atoms with Crippen molar-refractivity contribution in [2.24, 2.45) is 0 Å². The zero-order valence-electron chi connectivity index (χ0n) is 21.2. The molecule has 0 spiro atoms. The van der Waals surface area contributed by atoms with Crippen molar-refractivity contribution in [2.75, 3.05) is 40.0 Å². The number of ketones is 1. The molecule has 1 amide bonds. The minimum Gasteiger partial charge on any atom is -0.497 e. The van der Waals surface area contributed by atoms with E-state index in [1.165, 1.54) is 0 Å². The van der Waals surface area contributed by atoms with Crippen LogP contribution in [0, 0.1) is 0 Å². The molecule has 9 nitrogen and oxygen atoms in total. The van der Waals surface area contributed by atoms with Crippen LogP contribution in [0.1, 0.15) is 54.1 Å². The van der Waals surface area contributed by atoms with Crippen LogP contribution in [0.5, 0.6) is 17.2 Å². The van der Waals surface area contributed by atoms with Gasteiger partial charge in [0.05, 0.1) is 19.3 Å². The Labute approximate surface area is 217 Å². The van der Waals surface area contributed by atoms with Gasteiger partial charge in [0, 0.05) is 38.0 Å². The number of carbonyl (C=O) groups excluding carboxylic acids is 2. The van der Waals surface area contributed by atoms with E-state index in [0.29, 0.717) is 86.9 Å². The van der Waals surface area contributed by atoms with Crippen molar-refractivity contribution in [2.45, 2.75) is 50.4 Å². The lowest BCUT2D eigenvalue weighted by Gasteiger charge is -2.39. The van der Waals surface area contributed by atoms with E-state index < -0.39 is 12.1 Å². The third kappa shape index (κ3) is 7.44. The number of benzene rings is 2. The van der Waals surface area contributed by atoms with Gasteiger partial charge in [-0.2, -0.15) is 0 Å². The molecule has 9 heteroatoms. The summed E-state index contributed by atoms with van der Waals surface area (Å²) in [5.74, 6) is 1.86. The topological polar surface area (TPSA) is 118 Å². The van der Waals surface area contributed by atoms with Crippen LogP contribution < -0.4 is 19.5 Å². The fourth-order valence-corrected chi connectivity index (χ4v) is 4.62. The molecule has 0 aliphatic carbocycles. The Kier molecular flexibility index (Phi) is 9.38. The Morgan fingerprint density at radius 2 is 1.73 bits per heavy atom.